The van der Waals surface area contributed by atoms with Crippen LogP contribution in [0.5, 0.6) is 0 Å². The molecule has 0 aliphatic carbocycles. The Kier molecular flexibility index (Phi) is 4.74. The highest BCUT2D eigenvalue weighted by atomic mass is 15.3. The van der Waals surface area contributed by atoms with Gasteiger partial charge in [-0.05, 0) is 30.0 Å². The van der Waals surface area contributed by atoms with Gasteiger partial charge in [-0.1, -0.05) is 38.1 Å². The number of hydrogen-bond acceptors (Lipinski definition) is 2. The van der Waals surface area contributed by atoms with Gasteiger partial charge >= 0.3 is 0 Å². The van der Waals surface area contributed by atoms with Gasteiger partial charge in [0.2, 0.25) is 0 Å². The molecule has 3 heteroatoms. The van der Waals surface area contributed by atoms with Crippen molar-refractivity contribution in [1.82, 2.24) is 15.1 Å². The molecule has 3 nitrogen and oxygen atoms in total. The molecule has 0 amide bonds. The number of aryl methyl sites for hydroxylation is 2. The Hall–Kier alpha value is -1.61. The van der Waals surface area contributed by atoms with Crippen LogP contribution in [0.15, 0.2) is 36.5 Å². The van der Waals surface area contributed by atoms with E-state index in [1.165, 1.54) is 11.1 Å². The quantitative estimate of drug-likeness (QED) is 0.861. The fraction of sp³-hybridized carbons (Fsp3) is 0.438. The topological polar surface area (TPSA) is 29.9 Å². The van der Waals surface area contributed by atoms with Crippen LogP contribution in [0.4, 0.5) is 0 Å². The lowest BCUT2D eigenvalue weighted by Crippen LogP contribution is -2.20. The third-order valence-corrected chi connectivity index (χ3v) is 3.50. The summed E-state index contributed by atoms with van der Waals surface area (Å²) in [6.45, 7) is 5.21. The number of aromatic nitrogens is 2. The van der Waals surface area contributed by atoms with Crippen LogP contribution in [0.2, 0.25) is 0 Å². The molecule has 0 saturated carbocycles. The Balaban J connectivity index is 1.98. The Labute approximate surface area is 115 Å². The van der Waals surface area contributed by atoms with E-state index in [0.29, 0.717) is 6.04 Å². The molecule has 1 heterocycles. The van der Waals surface area contributed by atoms with Crippen LogP contribution in [0.3, 0.4) is 0 Å². The lowest BCUT2D eigenvalue weighted by Gasteiger charge is -2.17. The average Bonchev–Trinajstić information content (AvgIpc) is 2.86. The van der Waals surface area contributed by atoms with Gasteiger partial charge < -0.3 is 5.32 Å². The fourth-order valence-corrected chi connectivity index (χ4v) is 2.27. The normalized spacial score (nSPS) is 12.6. The first kappa shape index (κ1) is 13.8. The highest BCUT2D eigenvalue weighted by molar-refractivity contribution is 5.25. The predicted molar refractivity (Wildman–Crippen MR) is 78.9 cm³/mol. The molecule has 0 bridgehead atoms. The highest BCUT2D eigenvalue weighted by Crippen LogP contribution is 2.18. The second-order valence-corrected chi connectivity index (χ2v) is 4.92. The maximum Gasteiger partial charge on any atom is 0.0762 e. The van der Waals surface area contributed by atoms with Crippen LogP contribution in [-0.4, -0.2) is 9.78 Å². The van der Waals surface area contributed by atoms with Gasteiger partial charge in [0.1, 0.15) is 0 Å². The molecule has 0 aliphatic rings. The first-order chi connectivity index (χ1) is 9.22. The molecular weight excluding hydrogens is 234 g/mol. The van der Waals surface area contributed by atoms with Gasteiger partial charge in [0, 0.05) is 25.8 Å². The molecule has 0 radical (unpaired) electrons. The van der Waals surface area contributed by atoms with Crippen molar-refractivity contribution in [2.45, 2.75) is 39.3 Å². The SMILES string of the molecule is CCc1ccc(C(CC)NCc2ccn(C)n2)cc1. The molecule has 1 unspecified atom stereocenters. The molecule has 0 fully saturated rings. The molecule has 1 aromatic carbocycles. The third-order valence-electron chi connectivity index (χ3n) is 3.50. The van der Waals surface area contributed by atoms with Crippen molar-refractivity contribution in [2.75, 3.05) is 0 Å². The zero-order valence-corrected chi connectivity index (χ0v) is 12.1. The van der Waals surface area contributed by atoms with E-state index in [1.54, 1.807) is 0 Å². The van der Waals surface area contributed by atoms with E-state index in [0.717, 1.165) is 25.1 Å². The summed E-state index contributed by atoms with van der Waals surface area (Å²) >= 11 is 0. The number of nitrogens with zero attached hydrogens (tertiary/aromatic N) is 2. The van der Waals surface area contributed by atoms with E-state index in [-0.39, 0.29) is 0 Å². The van der Waals surface area contributed by atoms with Crippen molar-refractivity contribution in [3.63, 3.8) is 0 Å². The predicted octanol–water partition coefficient (Wildman–Crippen LogP) is 3.22. The van der Waals surface area contributed by atoms with E-state index in [9.17, 15) is 0 Å². The Morgan fingerprint density at radius 1 is 1.16 bits per heavy atom. The lowest BCUT2D eigenvalue weighted by atomic mass is 10.0. The van der Waals surface area contributed by atoms with Crippen LogP contribution in [0, 0.1) is 0 Å². The summed E-state index contributed by atoms with van der Waals surface area (Å²) in [7, 11) is 1.95. The second kappa shape index (κ2) is 6.53. The van der Waals surface area contributed by atoms with Crippen LogP contribution in [-0.2, 0) is 20.0 Å². The summed E-state index contributed by atoms with van der Waals surface area (Å²) in [5, 5.41) is 7.97. The van der Waals surface area contributed by atoms with Gasteiger partial charge in [-0.3, -0.25) is 4.68 Å². The van der Waals surface area contributed by atoms with Crippen molar-refractivity contribution in [2.24, 2.45) is 7.05 Å². The standard InChI is InChI=1S/C16H23N3/c1-4-13-6-8-14(9-7-13)16(5-2)17-12-15-10-11-19(3)18-15/h6-11,16-17H,4-5,12H2,1-3H3. The number of benzene rings is 1. The summed E-state index contributed by atoms with van der Waals surface area (Å²) in [6.07, 6.45) is 4.16. The van der Waals surface area contributed by atoms with Crippen molar-refractivity contribution < 1.29 is 0 Å². The molecular formula is C16H23N3. The molecule has 102 valence electrons. The molecule has 1 aromatic heterocycles. The summed E-state index contributed by atoms with van der Waals surface area (Å²) in [5.41, 5.74) is 3.84. The fourth-order valence-electron chi connectivity index (χ4n) is 2.27. The summed E-state index contributed by atoms with van der Waals surface area (Å²) in [4.78, 5) is 0. The zero-order chi connectivity index (χ0) is 13.7. The summed E-state index contributed by atoms with van der Waals surface area (Å²) in [6, 6.07) is 11.4. The molecule has 2 rings (SSSR count). The monoisotopic (exact) mass is 257 g/mol. The molecule has 2 aromatic rings. The van der Waals surface area contributed by atoms with E-state index >= 15 is 0 Å². The van der Waals surface area contributed by atoms with Gasteiger partial charge in [-0.15, -0.1) is 0 Å². The van der Waals surface area contributed by atoms with Gasteiger partial charge in [-0.25, -0.2) is 0 Å². The Morgan fingerprint density at radius 3 is 2.42 bits per heavy atom. The van der Waals surface area contributed by atoms with Crippen molar-refractivity contribution in [3.8, 4) is 0 Å². The van der Waals surface area contributed by atoms with Crippen molar-refractivity contribution in [3.05, 3.63) is 53.3 Å². The first-order valence-corrected chi connectivity index (χ1v) is 7.03. The Bertz CT molecular complexity index is 499. The lowest BCUT2D eigenvalue weighted by molar-refractivity contribution is 0.511. The van der Waals surface area contributed by atoms with E-state index in [2.05, 4.69) is 54.6 Å². The van der Waals surface area contributed by atoms with Crippen LogP contribution in [0.1, 0.15) is 43.1 Å². The minimum Gasteiger partial charge on any atom is -0.304 e. The molecule has 19 heavy (non-hydrogen) atoms. The third kappa shape index (κ3) is 3.67. The smallest absolute Gasteiger partial charge is 0.0762 e. The number of nitrogens with one attached hydrogen (secondary N) is 1. The minimum atomic E-state index is 0.396. The van der Waals surface area contributed by atoms with Crippen molar-refractivity contribution in [1.29, 1.82) is 0 Å². The first-order valence-electron chi connectivity index (χ1n) is 7.03. The highest BCUT2D eigenvalue weighted by Gasteiger charge is 2.09. The summed E-state index contributed by atoms with van der Waals surface area (Å²) in [5.74, 6) is 0. The molecule has 0 spiro atoms. The van der Waals surface area contributed by atoms with Gasteiger partial charge in [0.05, 0.1) is 5.69 Å². The molecule has 1 atom stereocenters. The average molecular weight is 257 g/mol. The molecule has 1 N–H and O–H groups in total. The van der Waals surface area contributed by atoms with E-state index < -0.39 is 0 Å². The maximum absolute atomic E-state index is 4.39. The number of rotatable bonds is 6. The molecule has 0 saturated heterocycles. The van der Waals surface area contributed by atoms with Gasteiger partial charge in [-0.2, -0.15) is 5.10 Å². The minimum absolute atomic E-state index is 0.396. The van der Waals surface area contributed by atoms with Gasteiger partial charge in [0.25, 0.3) is 0 Å². The Morgan fingerprint density at radius 2 is 1.89 bits per heavy atom. The van der Waals surface area contributed by atoms with E-state index in [1.807, 2.05) is 17.9 Å². The van der Waals surface area contributed by atoms with Crippen LogP contribution < -0.4 is 5.32 Å². The maximum atomic E-state index is 4.39. The summed E-state index contributed by atoms with van der Waals surface area (Å²) < 4.78 is 1.84. The number of hydrogen-bond donors (Lipinski definition) is 1. The van der Waals surface area contributed by atoms with Gasteiger partial charge in [0.15, 0.2) is 0 Å². The van der Waals surface area contributed by atoms with E-state index in [4.69, 9.17) is 0 Å². The largest absolute Gasteiger partial charge is 0.304 e. The van der Waals surface area contributed by atoms with Crippen LogP contribution in [0.25, 0.3) is 0 Å². The molecule has 0 aliphatic heterocycles. The zero-order valence-electron chi connectivity index (χ0n) is 12.1. The van der Waals surface area contributed by atoms with Crippen molar-refractivity contribution >= 4 is 0 Å². The van der Waals surface area contributed by atoms with Crippen LogP contribution >= 0.6 is 0 Å². The second-order valence-electron chi connectivity index (χ2n) is 4.92.